The Morgan fingerprint density at radius 3 is 2.19 bits per heavy atom. The zero-order chi connectivity index (χ0) is 14.8. The first-order valence-corrected chi connectivity index (χ1v) is 7.00. The number of hydroxylamine groups is 1. The molecule has 0 heterocycles. The highest BCUT2D eigenvalue weighted by molar-refractivity contribution is 5.45. The van der Waals surface area contributed by atoms with Gasteiger partial charge in [0.05, 0.1) is 12.6 Å². The van der Waals surface area contributed by atoms with E-state index in [9.17, 15) is 4.79 Å². The van der Waals surface area contributed by atoms with Gasteiger partial charge in [0.2, 0.25) is 6.41 Å². The molecule has 2 aromatic rings. The molecule has 21 heavy (non-hydrogen) atoms. The quantitative estimate of drug-likeness (QED) is 0.547. The fourth-order valence-corrected chi connectivity index (χ4v) is 2.06. The maximum atomic E-state index is 10.5. The molecule has 1 unspecified atom stereocenters. The van der Waals surface area contributed by atoms with E-state index in [1.54, 1.807) is 0 Å². The summed E-state index contributed by atoms with van der Waals surface area (Å²) in [5.41, 5.74) is 5.33. The number of hydrogen-bond acceptors (Lipinski definition) is 3. The largest absolute Gasteiger partial charge is 0.357 e. The first-order valence-electron chi connectivity index (χ1n) is 7.00. The summed E-state index contributed by atoms with van der Waals surface area (Å²) in [4.78, 5) is 16.0. The molecular formula is C17H20N2O2. The van der Waals surface area contributed by atoms with Crippen LogP contribution in [0.25, 0.3) is 0 Å². The van der Waals surface area contributed by atoms with Crippen LogP contribution in [-0.2, 0) is 22.7 Å². The Morgan fingerprint density at radius 1 is 0.952 bits per heavy atom. The highest BCUT2D eigenvalue weighted by Gasteiger charge is 2.09. The number of hydrogen-bond donors (Lipinski definition) is 2. The molecule has 0 saturated carbocycles. The molecule has 0 aliphatic rings. The average Bonchev–Trinajstić information content (AvgIpc) is 2.54. The normalized spacial score (nSPS) is 11.8. The van der Waals surface area contributed by atoms with E-state index in [1.807, 2.05) is 48.5 Å². The van der Waals surface area contributed by atoms with E-state index >= 15 is 0 Å². The van der Waals surface area contributed by atoms with Gasteiger partial charge in [-0.05, 0) is 17.5 Å². The molecule has 0 aromatic heterocycles. The third-order valence-corrected chi connectivity index (χ3v) is 3.10. The molecule has 2 aromatic carbocycles. The van der Waals surface area contributed by atoms with Gasteiger partial charge < -0.3 is 5.32 Å². The minimum atomic E-state index is 0.0290. The van der Waals surface area contributed by atoms with Gasteiger partial charge in [-0.15, -0.1) is 0 Å². The summed E-state index contributed by atoms with van der Waals surface area (Å²) in [6.07, 6.45) is 1.49. The van der Waals surface area contributed by atoms with E-state index < -0.39 is 0 Å². The number of rotatable bonds is 9. The van der Waals surface area contributed by atoms with Crippen molar-refractivity contribution in [3.8, 4) is 0 Å². The van der Waals surface area contributed by atoms with Gasteiger partial charge >= 0.3 is 0 Å². The lowest BCUT2D eigenvalue weighted by atomic mass is 10.1. The topological polar surface area (TPSA) is 50.4 Å². The minimum Gasteiger partial charge on any atom is -0.357 e. The second-order valence-electron chi connectivity index (χ2n) is 4.80. The maximum absolute atomic E-state index is 10.5. The third-order valence-electron chi connectivity index (χ3n) is 3.10. The molecule has 0 saturated heterocycles. The van der Waals surface area contributed by atoms with E-state index in [0.717, 1.165) is 12.0 Å². The van der Waals surface area contributed by atoms with Gasteiger partial charge in [0.15, 0.2) is 0 Å². The van der Waals surface area contributed by atoms with E-state index in [-0.39, 0.29) is 6.04 Å². The lowest BCUT2D eigenvalue weighted by Gasteiger charge is -2.18. The standard InChI is InChI=1S/C17H20N2O2/c20-14-18-12-17(11-15-7-3-1-4-8-15)19-21-13-16-9-5-2-6-10-16/h1-10,14,17,19H,11-13H2,(H,18,20). The molecule has 0 aliphatic carbocycles. The average molecular weight is 284 g/mol. The van der Waals surface area contributed by atoms with Crippen molar-refractivity contribution in [3.63, 3.8) is 0 Å². The van der Waals surface area contributed by atoms with Crippen molar-refractivity contribution in [2.45, 2.75) is 19.1 Å². The Hall–Kier alpha value is -2.17. The van der Waals surface area contributed by atoms with Gasteiger partial charge in [0.1, 0.15) is 0 Å². The molecule has 0 spiro atoms. The summed E-state index contributed by atoms with van der Waals surface area (Å²) in [6.45, 7) is 1.01. The Morgan fingerprint density at radius 2 is 1.57 bits per heavy atom. The van der Waals surface area contributed by atoms with Crippen molar-refractivity contribution in [2.24, 2.45) is 0 Å². The van der Waals surface area contributed by atoms with Gasteiger partial charge in [-0.2, -0.15) is 5.48 Å². The highest BCUT2D eigenvalue weighted by Crippen LogP contribution is 2.04. The van der Waals surface area contributed by atoms with Crippen molar-refractivity contribution < 1.29 is 9.63 Å². The van der Waals surface area contributed by atoms with Crippen molar-refractivity contribution in [3.05, 3.63) is 71.8 Å². The fourth-order valence-electron chi connectivity index (χ4n) is 2.06. The Balaban J connectivity index is 1.83. The van der Waals surface area contributed by atoms with Crippen molar-refractivity contribution in [1.82, 2.24) is 10.8 Å². The number of carbonyl (C=O) groups is 1. The summed E-state index contributed by atoms with van der Waals surface area (Å²) < 4.78 is 0. The number of amides is 1. The predicted molar refractivity (Wildman–Crippen MR) is 82.4 cm³/mol. The second-order valence-corrected chi connectivity index (χ2v) is 4.80. The molecule has 0 fully saturated rings. The van der Waals surface area contributed by atoms with Crippen LogP contribution in [0.2, 0.25) is 0 Å². The molecular weight excluding hydrogens is 264 g/mol. The summed E-state index contributed by atoms with van der Waals surface area (Å²) in [5.74, 6) is 0. The Kier molecular flexibility index (Phi) is 6.45. The molecule has 0 radical (unpaired) electrons. The van der Waals surface area contributed by atoms with Gasteiger partial charge in [0.25, 0.3) is 0 Å². The lowest BCUT2D eigenvalue weighted by molar-refractivity contribution is -0.109. The van der Waals surface area contributed by atoms with Crippen LogP contribution in [0.5, 0.6) is 0 Å². The number of nitrogens with one attached hydrogen (secondary N) is 2. The summed E-state index contributed by atoms with van der Waals surface area (Å²) in [7, 11) is 0. The van der Waals surface area contributed by atoms with Crippen LogP contribution in [0.3, 0.4) is 0 Å². The number of carbonyl (C=O) groups excluding carboxylic acids is 1. The Bertz CT molecular complexity index is 517. The first-order chi connectivity index (χ1) is 10.4. The molecule has 2 rings (SSSR count). The molecule has 110 valence electrons. The fraction of sp³-hybridized carbons (Fsp3) is 0.235. The molecule has 4 nitrogen and oxygen atoms in total. The van der Waals surface area contributed by atoms with Crippen LogP contribution in [-0.4, -0.2) is 19.0 Å². The van der Waals surface area contributed by atoms with Gasteiger partial charge in [-0.25, -0.2) is 0 Å². The Labute approximate surface area is 125 Å². The van der Waals surface area contributed by atoms with Gasteiger partial charge in [-0.1, -0.05) is 60.7 Å². The van der Waals surface area contributed by atoms with Crippen molar-refractivity contribution >= 4 is 6.41 Å². The van der Waals surface area contributed by atoms with E-state index in [4.69, 9.17) is 4.84 Å². The summed E-state index contributed by atoms with van der Waals surface area (Å²) >= 11 is 0. The predicted octanol–water partition coefficient (Wildman–Crippen LogP) is 2.07. The van der Waals surface area contributed by atoms with Crippen LogP contribution in [0.4, 0.5) is 0 Å². The number of benzene rings is 2. The van der Waals surface area contributed by atoms with Gasteiger partial charge in [0, 0.05) is 6.54 Å². The molecule has 4 heteroatoms. The van der Waals surface area contributed by atoms with Crippen LogP contribution in [0.1, 0.15) is 11.1 Å². The zero-order valence-corrected chi connectivity index (χ0v) is 11.9. The minimum absolute atomic E-state index is 0.0290. The van der Waals surface area contributed by atoms with E-state index in [2.05, 4.69) is 22.9 Å². The smallest absolute Gasteiger partial charge is 0.207 e. The van der Waals surface area contributed by atoms with Crippen LogP contribution in [0.15, 0.2) is 60.7 Å². The zero-order valence-electron chi connectivity index (χ0n) is 11.9. The maximum Gasteiger partial charge on any atom is 0.207 e. The van der Waals surface area contributed by atoms with Crippen molar-refractivity contribution in [1.29, 1.82) is 0 Å². The third kappa shape index (κ3) is 5.77. The van der Waals surface area contributed by atoms with Crippen LogP contribution >= 0.6 is 0 Å². The van der Waals surface area contributed by atoms with E-state index in [0.29, 0.717) is 19.6 Å². The SMILES string of the molecule is O=CNCC(Cc1ccccc1)NOCc1ccccc1. The molecule has 2 N–H and O–H groups in total. The second kappa shape index (κ2) is 8.89. The monoisotopic (exact) mass is 284 g/mol. The highest BCUT2D eigenvalue weighted by atomic mass is 16.6. The summed E-state index contributed by atoms with van der Waals surface area (Å²) in [5, 5.41) is 2.69. The molecule has 1 atom stereocenters. The first kappa shape index (κ1) is 15.2. The van der Waals surface area contributed by atoms with Crippen LogP contribution < -0.4 is 10.8 Å². The molecule has 1 amide bonds. The summed E-state index contributed by atoms with van der Waals surface area (Å²) in [6, 6.07) is 20.1. The van der Waals surface area contributed by atoms with Crippen molar-refractivity contribution in [2.75, 3.05) is 6.54 Å². The van der Waals surface area contributed by atoms with Gasteiger partial charge in [-0.3, -0.25) is 9.63 Å². The molecule has 0 bridgehead atoms. The molecule has 0 aliphatic heterocycles. The van der Waals surface area contributed by atoms with E-state index in [1.165, 1.54) is 5.56 Å². The lowest BCUT2D eigenvalue weighted by Crippen LogP contribution is -2.39. The van der Waals surface area contributed by atoms with Crippen LogP contribution in [0, 0.1) is 0 Å².